The van der Waals surface area contributed by atoms with Crippen LogP contribution in [0.15, 0.2) is 17.2 Å². The van der Waals surface area contributed by atoms with Crippen molar-refractivity contribution in [2.45, 2.75) is 25.9 Å². The molecule has 0 bridgehead atoms. The minimum absolute atomic E-state index is 0.161. The van der Waals surface area contributed by atoms with Crippen LogP contribution in [0.2, 0.25) is 0 Å². The maximum atomic E-state index is 11.8. The Kier molecular flexibility index (Phi) is 5.89. The first-order valence-electron chi connectivity index (χ1n) is 7.36. The molecule has 2 N–H and O–H groups in total. The van der Waals surface area contributed by atoms with Gasteiger partial charge in [-0.25, -0.2) is 4.98 Å². The number of hydrogen-bond acceptors (Lipinski definition) is 5. The molecule has 0 spiro atoms. The van der Waals surface area contributed by atoms with Gasteiger partial charge in [0.1, 0.15) is 5.69 Å². The van der Waals surface area contributed by atoms with E-state index in [1.807, 2.05) is 0 Å². The molecule has 1 aliphatic rings. The van der Waals surface area contributed by atoms with Crippen LogP contribution in [0.25, 0.3) is 0 Å². The molecule has 116 valence electrons. The molecule has 21 heavy (non-hydrogen) atoms. The predicted octanol–water partition coefficient (Wildman–Crippen LogP) is 0.000600. The van der Waals surface area contributed by atoms with Gasteiger partial charge in [0.25, 0.3) is 11.5 Å². The molecule has 7 heteroatoms. The summed E-state index contributed by atoms with van der Waals surface area (Å²) in [6.45, 7) is 6.44. The zero-order chi connectivity index (χ0) is 15.1. The first kappa shape index (κ1) is 15.7. The van der Waals surface area contributed by atoms with Crippen LogP contribution in [0.5, 0.6) is 0 Å². The van der Waals surface area contributed by atoms with Gasteiger partial charge in [0.2, 0.25) is 0 Å². The van der Waals surface area contributed by atoms with Gasteiger partial charge in [-0.2, -0.15) is 0 Å². The number of nitrogens with zero attached hydrogens (tertiary/aromatic N) is 2. The number of hydrogen-bond donors (Lipinski definition) is 2. The third kappa shape index (κ3) is 4.95. The molecule has 1 aromatic heterocycles. The van der Waals surface area contributed by atoms with Crippen LogP contribution in [0.4, 0.5) is 0 Å². The zero-order valence-corrected chi connectivity index (χ0v) is 12.3. The summed E-state index contributed by atoms with van der Waals surface area (Å²) >= 11 is 0. The summed E-state index contributed by atoms with van der Waals surface area (Å²) in [5.74, 6) is -0.285. The van der Waals surface area contributed by atoms with Gasteiger partial charge in [-0.05, 0) is 19.4 Å². The van der Waals surface area contributed by atoms with Crippen LogP contribution in [0, 0.1) is 0 Å². The number of ether oxygens (including phenoxy) is 1. The third-order valence-corrected chi connectivity index (χ3v) is 3.42. The van der Waals surface area contributed by atoms with E-state index in [0.717, 1.165) is 45.3 Å². The van der Waals surface area contributed by atoms with Crippen molar-refractivity contribution in [3.8, 4) is 0 Å². The van der Waals surface area contributed by atoms with E-state index < -0.39 is 0 Å². The number of nitrogens with one attached hydrogen (secondary N) is 2. The van der Waals surface area contributed by atoms with Gasteiger partial charge in [0.05, 0.1) is 18.9 Å². The molecule has 0 aliphatic carbocycles. The molecule has 1 aromatic rings. The van der Waals surface area contributed by atoms with Crippen LogP contribution in [-0.2, 0) is 4.74 Å². The van der Waals surface area contributed by atoms with E-state index in [4.69, 9.17) is 4.74 Å². The summed E-state index contributed by atoms with van der Waals surface area (Å²) < 4.78 is 5.70. The fraction of sp³-hybridized carbons (Fsp3) is 0.643. The van der Waals surface area contributed by atoms with Crippen LogP contribution >= 0.6 is 0 Å². The summed E-state index contributed by atoms with van der Waals surface area (Å²) in [5.41, 5.74) is -0.107. The lowest BCUT2D eigenvalue weighted by Crippen LogP contribution is -2.44. The normalized spacial score (nSPS) is 19.4. The molecule has 2 heterocycles. The summed E-state index contributed by atoms with van der Waals surface area (Å²) in [7, 11) is 0. The van der Waals surface area contributed by atoms with Crippen LogP contribution < -0.4 is 10.9 Å². The average molecular weight is 294 g/mol. The lowest BCUT2D eigenvalue weighted by Gasteiger charge is -2.32. The van der Waals surface area contributed by atoms with Crippen LogP contribution in [-0.4, -0.2) is 59.7 Å². The number of amides is 1. The second-order valence-electron chi connectivity index (χ2n) is 5.13. The maximum absolute atomic E-state index is 11.8. The molecule has 1 fully saturated rings. The highest BCUT2D eigenvalue weighted by Gasteiger charge is 2.19. The number of H-pyrrole nitrogens is 1. The van der Waals surface area contributed by atoms with E-state index in [2.05, 4.69) is 27.1 Å². The summed E-state index contributed by atoms with van der Waals surface area (Å²) in [5, 5.41) is 2.79. The van der Waals surface area contributed by atoms with Gasteiger partial charge in [-0.1, -0.05) is 6.92 Å². The minimum Gasteiger partial charge on any atom is -0.375 e. The van der Waals surface area contributed by atoms with Gasteiger partial charge in [0.15, 0.2) is 0 Å². The van der Waals surface area contributed by atoms with Crippen molar-refractivity contribution in [1.29, 1.82) is 0 Å². The number of morpholine rings is 1. The quantitative estimate of drug-likeness (QED) is 0.771. The maximum Gasteiger partial charge on any atom is 0.271 e. The van der Waals surface area contributed by atoms with Gasteiger partial charge in [-0.3, -0.25) is 14.5 Å². The Morgan fingerprint density at radius 2 is 2.48 bits per heavy atom. The molecule has 0 saturated carbocycles. The largest absolute Gasteiger partial charge is 0.375 e. The monoisotopic (exact) mass is 294 g/mol. The Bertz CT molecular complexity index is 495. The SMILES string of the molecule is CCCN1CCOC(CCNC(=O)c2c[nH]c(=O)cn2)C1. The molecule has 1 saturated heterocycles. The van der Waals surface area contributed by atoms with Crippen molar-refractivity contribution in [3.63, 3.8) is 0 Å². The lowest BCUT2D eigenvalue weighted by atomic mass is 10.2. The number of aromatic amines is 1. The van der Waals surface area contributed by atoms with Crippen molar-refractivity contribution in [1.82, 2.24) is 20.2 Å². The first-order valence-corrected chi connectivity index (χ1v) is 7.36. The second-order valence-corrected chi connectivity index (χ2v) is 5.13. The predicted molar refractivity (Wildman–Crippen MR) is 78.3 cm³/mol. The number of aromatic nitrogens is 2. The molecular formula is C14H22N4O3. The minimum atomic E-state index is -0.321. The van der Waals surface area contributed by atoms with E-state index in [-0.39, 0.29) is 23.3 Å². The Balaban J connectivity index is 1.72. The Morgan fingerprint density at radius 1 is 1.62 bits per heavy atom. The second kappa shape index (κ2) is 7.90. The van der Waals surface area contributed by atoms with Crippen molar-refractivity contribution in [2.24, 2.45) is 0 Å². The molecule has 1 unspecified atom stereocenters. The van der Waals surface area contributed by atoms with Gasteiger partial charge in [0, 0.05) is 25.8 Å². The van der Waals surface area contributed by atoms with Gasteiger partial charge >= 0.3 is 0 Å². The summed E-state index contributed by atoms with van der Waals surface area (Å²) in [4.78, 5) is 31.3. The van der Waals surface area contributed by atoms with E-state index in [9.17, 15) is 9.59 Å². The Labute approximate surface area is 123 Å². The first-order chi connectivity index (χ1) is 10.2. The van der Waals surface area contributed by atoms with Gasteiger partial charge < -0.3 is 15.0 Å². The molecule has 2 rings (SSSR count). The average Bonchev–Trinajstić information content (AvgIpc) is 2.48. The number of carbonyl (C=O) groups is 1. The van der Waals surface area contributed by atoms with Crippen molar-refractivity contribution >= 4 is 5.91 Å². The van der Waals surface area contributed by atoms with Crippen molar-refractivity contribution in [2.75, 3.05) is 32.8 Å². The topological polar surface area (TPSA) is 87.3 Å². The van der Waals surface area contributed by atoms with Crippen LogP contribution in [0.1, 0.15) is 30.3 Å². The molecule has 1 aliphatic heterocycles. The van der Waals surface area contributed by atoms with Crippen LogP contribution in [0.3, 0.4) is 0 Å². The zero-order valence-electron chi connectivity index (χ0n) is 12.3. The molecule has 0 radical (unpaired) electrons. The summed E-state index contributed by atoms with van der Waals surface area (Å²) in [6.07, 6.45) is 4.49. The lowest BCUT2D eigenvalue weighted by molar-refractivity contribution is -0.0312. The number of rotatable bonds is 6. The smallest absolute Gasteiger partial charge is 0.271 e. The van der Waals surface area contributed by atoms with E-state index in [1.54, 1.807) is 0 Å². The molecule has 7 nitrogen and oxygen atoms in total. The third-order valence-electron chi connectivity index (χ3n) is 3.42. The van der Waals surface area contributed by atoms with Crippen molar-refractivity contribution < 1.29 is 9.53 Å². The fourth-order valence-corrected chi connectivity index (χ4v) is 2.38. The highest BCUT2D eigenvalue weighted by atomic mass is 16.5. The standard InChI is InChI=1S/C14H22N4O3/c1-2-5-18-6-7-21-11(10-18)3-4-15-14(20)12-8-17-13(19)9-16-12/h8-9,11H,2-7,10H2,1H3,(H,15,20)(H,17,19). The Hall–Kier alpha value is -1.73. The van der Waals surface area contributed by atoms with E-state index in [0.29, 0.717) is 6.54 Å². The number of carbonyl (C=O) groups excluding carboxylic acids is 1. The molecule has 0 aromatic carbocycles. The van der Waals surface area contributed by atoms with Gasteiger partial charge in [-0.15, -0.1) is 0 Å². The fourth-order valence-electron chi connectivity index (χ4n) is 2.38. The van der Waals surface area contributed by atoms with E-state index in [1.165, 1.54) is 6.20 Å². The highest BCUT2D eigenvalue weighted by Crippen LogP contribution is 2.08. The molecule has 1 amide bonds. The Morgan fingerprint density at radius 3 is 3.19 bits per heavy atom. The summed E-state index contributed by atoms with van der Waals surface area (Å²) in [6, 6.07) is 0. The highest BCUT2D eigenvalue weighted by molar-refractivity contribution is 5.91. The molecule has 1 atom stereocenters. The van der Waals surface area contributed by atoms with Crippen molar-refractivity contribution in [3.05, 3.63) is 28.4 Å². The molecular weight excluding hydrogens is 272 g/mol. The van der Waals surface area contributed by atoms with E-state index >= 15 is 0 Å².